The normalized spacial score (nSPS) is 19.2. The van der Waals surface area contributed by atoms with Crippen molar-refractivity contribution in [3.63, 3.8) is 0 Å². The van der Waals surface area contributed by atoms with Crippen LogP contribution in [0.15, 0.2) is 36.4 Å². The molecule has 4 nitrogen and oxygen atoms in total. The number of rotatable bonds is 4. The summed E-state index contributed by atoms with van der Waals surface area (Å²) in [5.74, 6) is -8.29. The standard InChI is InChI=1S/C20H17F5N2O2/c1-27(14-6-5-13(21)16(22)17(14)23)20(29)15-12(7-8-26-19(15)28)10-3-2-4-11(9-10)18(24)25/h2-6,9,12,15,18H,7-8H2,1H3,(H,26,28). The predicted molar refractivity (Wildman–Crippen MR) is 95.0 cm³/mol. The number of carbonyl (C=O) groups is 2. The molecule has 0 spiro atoms. The number of nitrogens with one attached hydrogen (secondary N) is 1. The van der Waals surface area contributed by atoms with Crippen molar-refractivity contribution in [3.8, 4) is 0 Å². The van der Waals surface area contributed by atoms with E-state index in [1.807, 2.05) is 0 Å². The first-order valence-electron chi connectivity index (χ1n) is 8.79. The lowest BCUT2D eigenvalue weighted by molar-refractivity contribution is -0.136. The molecular weight excluding hydrogens is 395 g/mol. The van der Waals surface area contributed by atoms with Crippen LogP contribution >= 0.6 is 0 Å². The number of alkyl halides is 2. The molecule has 29 heavy (non-hydrogen) atoms. The largest absolute Gasteiger partial charge is 0.355 e. The van der Waals surface area contributed by atoms with Crippen molar-refractivity contribution in [2.75, 3.05) is 18.5 Å². The molecule has 1 fully saturated rings. The van der Waals surface area contributed by atoms with Gasteiger partial charge in [0.25, 0.3) is 6.43 Å². The van der Waals surface area contributed by atoms with E-state index in [0.717, 1.165) is 18.0 Å². The molecule has 9 heteroatoms. The highest BCUT2D eigenvalue weighted by molar-refractivity contribution is 6.08. The molecule has 2 atom stereocenters. The summed E-state index contributed by atoms with van der Waals surface area (Å²) in [5.41, 5.74) is -0.415. The number of anilines is 1. The van der Waals surface area contributed by atoms with Gasteiger partial charge in [0.2, 0.25) is 11.8 Å². The van der Waals surface area contributed by atoms with Crippen molar-refractivity contribution in [2.45, 2.75) is 18.8 Å². The van der Waals surface area contributed by atoms with Crippen LogP contribution in [0.3, 0.4) is 0 Å². The molecule has 0 aromatic heterocycles. The van der Waals surface area contributed by atoms with Crippen LogP contribution in [0.1, 0.15) is 29.9 Å². The second-order valence-corrected chi connectivity index (χ2v) is 6.73. The molecule has 0 aliphatic carbocycles. The van der Waals surface area contributed by atoms with Gasteiger partial charge in [-0.1, -0.05) is 18.2 Å². The van der Waals surface area contributed by atoms with Crippen LogP contribution < -0.4 is 10.2 Å². The van der Waals surface area contributed by atoms with E-state index in [2.05, 4.69) is 5.32 Å². The molecule has 2 aromatic carbocycles. The average molecular weight is 412 g/mol. The van der Waals surface area contributed by atoms with Gasteiger partial charge in [0.05, 0.1) is 5.69 Å². The number of hydrogen-bond acceptors (Lipinski definition) is 2. The molecule has 1 aliphatic heterocycles. The zero-order chi connectivity index (χ0) is 21.3. The minimum absolute atomic E-state index is 0.232. The maximum absolute atomic E-state index is 14.1. The van der Waals surface area contributed by atoms with E-state index in [0.29, 0.717) is 18.1 Å². The molecule has 1 N–H and O–H groups in total. The zero-order valence-electron chi connectivity index (χ0n) is 15.3. The molecule has 2 amide bonds. The predicted octanol–water partition coefficient (Wildman–Crippen LogP) is 3.92. The van der Waals surface area contributed by atoms with Gasteiger partial charge < -0.3 is 10.2 Å². The van der Waals surface area contributed by atoms with Gasteiger partial charge in [0.1, 0.15) is 5.92 Å². The van der Waals surface area contributed by atoms with Crippen LogP contribution in [0, 0.1) is 23.4 Å². The summed E-state index contributed by atoms with van der Waals surface area (Å²) < 4.78 is 66.9. The van der Waals surface area contributed by atoms with Crippen LogP contribution in [-0.4, -0.2) is 25.4 Å². The van der Waals surface area contributed by atoms with Crippen molar-refractivity contribution in [3.05, 3.63) is 65.0 Å². The molecule has 0 bridgehead atoms. The van der Waals surface area contributed by atoms with E-state index in [1.54, 1.807) is 0 Å². The van der Waals surface area contributed by atoms with Gasteiger partial charge in [-0.3, -0.25) is 9.59 Å². The van der Waals surface area contributed by atoms with Gasteiger partial charge in [-0.05, 0) is 30.2 Å². The summed E-state index contributed by atoms with van der Waals surface area (Å²) >= 11 is 0. The van der Waals surface area contributed by atoms with Gasteiger partial charge in [0.15, 0.2) is 17.5 Å². The van der Waals surface area contributed by atoms with Crippen LogP contribution in [0.25, 0.3) is 0 Å². The van der Waals surface area contributed by atoms with Crippen molar-refractivity contribution >= 4 is 17.5 Å². The number of piperidine rings is 1. The fourth-order valence-corrected chi connectivity index (χ4v) is 3.48. The van der Waals surface area contributed by atoms with Crippen LogP contribution in [0.2, 0.25) is 0 Å². The Labute approximate surface area is 163 Å². The fourth-order valence-electron chi connectivity index (χ4n) is 3.48. The van der Waals surface area contributed by atoms with Gasteiger partial charge in [-0.15, -0.1) is 0 Å². The fraction of sp³-hybridized carbons (Fsp3) is 0.300. The van der Waals surface area contributed by atoms with E-state index in [1.165, 1.54) is 24.3 Å². The highest BCUT2D eigenvalue weighted by Gasteiger charge is 2.41. The molecule has 2 unspecified atom stereocenters. The topological polar surface area (TPSA) is 49.4 Å². The zero-order valence-corrected chi connectivity index (χ0v) is 15.3. The molecule has 3 rings (SSSR count). The lowest BCUT2D eigenvalue weighted by Gasteiger charge is -2.33. The second-order valence-electron chi connectivity index (χ2n) is 6.73. The highest BCUT2D eigenvalue weighted by atomic mass is 19.3. The number of benzene rings is 2. The number of hydrogen-bond donors (Lipinski definition) is 1. The summed E-state index contributed by atoms with van der Waals surface area (Å²) in [6.07, 6.45) is -2.43. The van der Waals surface area contributed by atoms with Crippen LogP contribution in [-0.2, 0) is 9.59 Å². The van der Waals surface area contributed by atoms with E-state index >= 15 is 0 Å². The smallest absolute Gasteiger partial charge is 0.263 e. The summed E-state index contributed by atoms with van der Waals surface area (Å²) in [5, 5.41) is 2.53. The molecule has 1 heterocycles. The number of nitrogens with zero attached hydrogens (tertiary/aromatic N) is 1. The van der Waals surface area contributed by atoms with Crippen molar-refractivity contribution in [1.29, 1.82) is 0 Å². The Morgan fingerprint density at radius 2 is 1.86 bits per heavy atom. The first kappa shape index (κ1) is 20.8. The summed E-state index contributed by atoms with van der Waals surface area (Å²) in [6, 6.07) is 6.96. The van der Waals surface area contributed by atoms with E-state index < -0.39 is 53.2 Å². The van der Waals surface area contributed by atoms with Gasteiger partial charge in [-0.2, -0.15) is 0 Å². The quantitative estimate of drug-likeness (QED) is 0.470. The minimum atomic E-state index is -2.72. The van der Waals surface area contributed by atoms with E-state index in [9.17, 15) is 31.5 Å². The maximum atomic E-state index is 14.1. The summed E-state index contributed by atoms with van der Waals surface area (Å²) in [4.78, 5) is 26.2. The Balaban J connectivity index is 1.97. The van der Waals surface area contributed by atoms with E-state index in [4.69, 9.17) is 0 Å². The lowest BCUT2D eigenvalue weighted by atomic mass is 9.79. The highest BCUT2D eigenvalue weighted by Crippen LogP contribution is 2.35. The maximum Gasteiger partial charge on any atom is 0.263 e. The van der Waals surface area contributed by atoms with Gasteiger partial charge >= 0.3 is 0 Å². The van der Waals surface area contributed by atoms with Crippen LogP contribution in [0.4, 0.5) is 27.6 Å². The number of carbonyl (C=O) groups excluding carboxylic acids is 2. The Morgan fingerprint density at radius 3 is 2.55 bits per heavy atom. The number of halogens is 5. The average Bonchev–Trinajstić information content (AvgIpc) is 2.71. The van der Waals surface area contributed by atoms with Crippen molar-refractivity contribution in [1.82, 2.24) is 5.32 Å². The Morgan fingerprint density at radius 1 is 1.14 bits per heavy atom. The molecule has 154 valence electrons. The Kier molecular flexibility index (Phi) is 5.86. The van der Waals surface area contributed by atoms with Crippen molar-refractivity contribution in [2.24, 2.45) is 5.92 Å². The minimum Gasteiger partial charge on any atom is -0.355 e. The monoisotopic (exact) mass is 412 g/mol. The molecule has 1 aliphatic rings. The second kappa shape index (κ2) is 8.18. The molecule has 1 saturated heterocycles. The summed E-state index contributed by atoms with van der Waals surface area (Å²) in [6.45, 7) is 0.232. The van der Waals surface area contributed by atoms with E-state index in [-0.39, 0.29) is 12.1 Å². The SMILES string of the molecule is CN(C(=O)C1C(=O)NCCC1c1cccc(C(F)F)c1)c1ccc(F)c(F)c1F. The third-order valence-corrected chi connectivity index (χ3v) is 5.00. The molecule has 0 radical (unpaired) electrons. The van der Waals surface area contributed by atoms with Crippen molar-refractivity contribution < 1.29 is 31.5 Å². The molecular formula is C20H17F5N2O2. The third-order valence-electron chi connectivity index (χ3n) is 5.00. The Hall–Kier alpha value is -2.97. The molecule has 0 saturated carbocycles. The van der Waals surface area contributed by atoms with Gasteiger partial charge in [0, 0.05) is 25.1 Å². The Bertz CT molecular complexity index is 950. The molecule has 2 aromatic rings. The first-order chi connectivity index (χ1) is 13.7. The summed E-state index contributed by atoms with van der Waals surface area (Å²) in [7, 11) is 1.13. The number of amides is 2. The van der Waals surface area contributed by atoms with Gasteiger partial charge in [-0.25, -0.2) is 22.0 Å². The first-order valence-corrected chi connectivity index (χ1v) is 8.79. The lowest BCUT2D eigenvalue weighted by Crippen LogP contribution is -2.49. The third kappa shape index (κ3) is 3.94. The van der Waals surface area contributed by atoms with Crippen LogP contribution in [0.5, 0.6) is 0 Å².